The first-order valence-electron chi connectivity index (χ1n) is 3.74. The maximum absolute atomic E-state index is 13.0. The molecule has 0 N–H and O–H groups in total. The maximum atomic E-state index is 13.0. The Kier molecular flexibility index (Phi) is 2.53. The van der Waals surface area contributed by atoms with Gasteiger partial charge in [-0.05, 0) is 0 Å². The van der Waals surface area contributed by atoms with E-state index >= 15 is 0 Å². The van der Waals surface area contributed by atoms with Crippen molar-refractivity contribution in [3.8, 4) is 0 Å². The van der Waals surface area contributed by atoms with E-state index in [-0.39, 0.29) is 0 Å². The first kappa shape index (κ1) is 14.4. The quantitative estimate of drug-likeness (QED) is 0.676. The second kappa shape index (κ2) is 3.00. The van der Waals surface area contributed by atoms with E-state index in [1.54, 1.807) is 0 Å². The van der Waals surface area contributed by atoms with Crippen molar-refractivity contribution < 1.29 is 43.9 Å². The lowest BCUT2D eigenvalue weighted by molar-refractivity contribution is -0.283. The van der Waals surface area contributed by atoms with E-state index < -0.39 is 35.5 Å². The molecule has 1 rings (SSSR count). The predicted octanol–water partition coefficient (Wildman–Crippen LogP) is 3.59. The first-order chi connectivity index (χ1) is 7.12. The van der Waals surface area contributed by atoms with Gasteiger partial charge in [-0.2, -0.15) is 30.7 Å². The highest BCUT2D eigenvalue weighted by atomic mass is 19.4. The Hall–Kier alpha value is -0.700. The summed E-state index contributed by atoms with van der Waals surface area (Å²) in [4.78, 5) is 0. The van der Waals surface area contributed by atoms with Crippen molar-refractivity contribution in [3.05, 3.63) is 12.8 Å². The van der Waals surface area contributed by atoms with E-state index in [1.165, 1.54) is 6.92 Å². The molecule has 0 heterocycles. The van der Waals surface area contributed by atoms with Gasteiger partial charge in [0.05, 0.1) is 0 Å². The minimum atomic E-state index is -6.64. The fourth-order valence-corrected chi connectivity index (χ4v) is 1.26. The van der Waals surface area contributed by atoms with E-state index in [0.29, 0.717) is 0 Å². The third-order valence-electron chi connectivity index (χ3n) is 2.20. The number of halogens is 10. The molecule has 2 radical (unpaired) electrons. The summed E-state index contributed by atoms with van der Waals surface area (Å²) in [6, 6.07) is 0. The zero-order chi connectivity index (χ0) is 14.1. The van der Waals surface area contributed by atoms with Crippen molar-refractivity contribution in [1.82, 2.24) is 0 Å². The van der Waals surface area contributed by atoms with Crippen molar-refractivity contribution in [2.45, 2.75) is 29.6 Å². The predicted molar refractivity (Wildman–Crippen MR) is 33.3 cm³/mol. The molecule has 1 aliphatic rings. The lowest BCUT2D eigenvalue weighted by Gasteiger charge is -2.31. The maximum Gasteiger partial charge on any atom is 0.429 e. The van der Waals surface area contributed by atoms with Crippen LogP contribution in [0.5, 0.6) is 0 Å². The molecule has 1 unspecified atom stereocenters. The molecule has 0 aliphatic heterocycles. The van der Waals surface area contributed by atoms with Gasteiger partial charge in [-0.15, -0.1) is 0 Å². The van der Waals surface area contributed by atoms with Crippen LogP contribution in [0.2, 0.25) is 0 Å². The van der Waals surface area contributed by atoms with Crippen LogP contribution in [-0.4, -0.2) is 29.6 Å². The van der Waals surface area contributed by atoms with Crippen LogP contribution < -0.4 is 0 Å². The van der Waals surface area contributed by atoms with E-state index in [1.807, 2.05) is 0 Å². The minimum Gasteiger partial charge on any atom is -0.226 e. The van der Waals surface area contributed by atoms with Crippen LogP contribution in [0.4, 0.5) is 43.9 Å². The van der Waals surface area contributed by atoms with Crippen LogP contribution >= 0.6 is 0 Å². The molecule has 0 saturated heterocycles. The number of alkyl halides is 10. The van der Waals surface area contributed by atoms with E-state index in [2.05, 4.69) is 0 Å². The zero-order valence-corrected chi connectivity index (χ0v) is 7.49. The summed E-state index contributed by atoms with van der Waals surface area (Å²) in [5.41, 5.74) is -6.17. The van der Waals surface area contributed by atoms with Gasteiger partial charge < -0.3 is 0 Å². The summed E-state index contributed by atoms with van der Waals surface area (Å²) >= 11 is 0. The van der Waals surface area contributed by atoms with Gasteiger partial charge in [-0.3, -0.25) is 0 Å². The molecule has 0 aromatic rings. The summed E-state index contributed by atoms with van der Waals surface area (Å²) < 4.78 is 123. The second-order valence-corrected chi connectivity index (χ2v) is 3.38. The van der Waals surface area contributed by atoms with Crippen LogP contribution in [0.15, 0.2) is 0 Å². The van der Waals surface area contributed by atoms with Crippen LogP contribution in [0.1, 0.15) is 0 Å². The lowest BCUT2D eigenvalue weighted by Crippen LogP contribution is -2.56. The molecule has 10 heteroatoms. The Morgan fingerprint density at radius 3 is 1.12 bits per heavy atom. The van der Waals surface area contributed by atoms with Gasteiger partial charge in [-0.1, -0.05) is 0 Å². The third kappa shape index (κ3) is 1.51. The van der Waals surface area contributed by atoms with Crippen molar-refractivity contribution in [2.75, 3.05) is 0 Å². The highest BCUT2D eigenvalue weighted by molar-refractivity contribution is 5.48. The Labute approximate surface area is 87.6 Å². The standard InChI is InChI=1S/C7H2F10/c1-3(8,9)4(10,7(15,16)17)2-5(11,12)6(2,13)14/h1H2. The molecular weight excluding hydrogens is 274 g/mol. The van der Waals surface area contributed by atoms with Crippen molar-refractivity contribution in [3.63, 3.8) is 0 Å². The molecule has 0 amide bonds. The molecule has 0 aromatic heterocycles. The van der Waals surface area contributed by atoms with E-state index in [9.17, 15) is 43.9 Å². The first-order valence-corrected chi connectivity index (χ1v) is 3.74. The largest absolute Gasteiger partial charge is 0.429 e. The minimum absolute atomic E-state index is 1.39. The molecule has 0 aromatic carbocycles. The van der Waals surface area contributed by atoms with Crippen molar-refractivity contribution in [1.29, 1.82) is 0 Å². The average molecular weight is 276 g/mol. The second-order valence-electron chi connectivity index (χ2n) is 3.38. The fraction of sp³-hybridized carbons (Fsp3) is 0.714. The van der Waals surface area contributed by atoms with Crippen molar-refractivity contribution >= 4 is 0 Å². The molecule has 1 fully saturated rings. The third-order valence-corrected chi connectivity index (χ3v) is 2.20. The topological polar surface area (TPSA) is 0 Å². The van der Waals surface area contributed by atoms with Gasteiger partial charge in [0, 0.05) is 6.92 Å². The molecular formula is C7H2F10. The molecule has 1 atom stereocenters. The lowest BCUT2D eigenvalue weighted by atomic mass is 9.91. The number of hydrogen-bond acceptors (Lipinski definition) is 0. The summed E-state index contributed by atoms with van der Waals surface area (Å²) in [6.45, 7) is 1.39. The molecule has 0 bridgehead atoms. The van der Waals surface area contributed by atoms with Gasteiger partial charge >= 0.3 is 18.0 Å². The van der Waals surface area contributed by atoms with E-state index in [4.69, 9.17) is 0 Å². The molecule has 100 valence electrons. The highest BCUT2D eigenvalue weighted by Gasteiger charge is 2.99. The van der Waals surface area contributed by atoms with Crippen molar-refractivity contribution in [2.24, 2.45) is 0 Å². The van der Waals surface area contributed by atoms with E-state index in [0.717, 1.165) is 0 Å². The normalized spacial score (nSPS) is 27.7. The Balaban J connectivity index is 3.32. The fourth-order valence-electron chi connectivity index (χ4n) is 1.26. The molecule has 1 saturated carbocycles. The molecule has 0 spiro atoms. The number of hydrogen-bond donors (Lipinski definition) is 0. The van der Waals surface area contributed by atoms with Gasteiger partial charge in [0.15, 0.2) is 5.92 Å². The zero-order valence-electron chi connectivity index (χ0n) is 7.49. The Morgan fingerprint density at radius 2 is 1.06 bits per heavy atom. The smallest absolute Gasteiger partial charge is 0.226 e. The van der Waals surface area contributed by atoms with Gasteiger partial charge in [0.2, 0.25) is 0 Å². The summed E-state index contributed by atoms with van der Waals surface area (Å²) in [6.07, 6.45) is -6.64. The van der Waals surface area contributed by atoms with Crippen LogP contribution in [0.25, 0.3) is 0 Å². The average Bonchev–Trinajstić information content (AvgIpc) is 2.37. The summed E-state index contributed by atoms with van der Waals surface area (Å²) in [5.74, 6) is -20.4. The Bertz CT molecular complexity index is 293. The van der Waals surface area contributed by atoms with Crippen LogP contribution in [0, 0.1) is 12.8 Å². The van der Waals surface area contributed by atoms with Crippen LogP contribution in [-0.2, 0) is 0 Å². The summed E-state index contributed by atoms with van der Waals surface area (Å²) in [7, 11) is 0. The van der Waals surface area contributed by atoms with Gasteiger partial charge in [0.25, 0.3) is 11.6 Å². The Morgan fingerprint density at radius 1 is 0.765 bits per heavy atom. The molecule has 17 heavy (non-hydrogen) atoms. The van der Waals surface area contributed by atoms with Gasteiger partial charge in [0.1, 0.15) is 0 Å². The SMILES string of the molecule is [CH2]C(F)(F)C(F)([C]1C(F)(F)C1(F)F)C(F)(F)F. The monoisotopic (exact) mass is 276 g/mol. The van der Waals surface area contributed by atoms with Crippen LogP contribution in [0.3, 0.4) is 0 Å². The van der Waals surface area contributed by atoms with Gasteiger partial charge in [-0.25, -0.2) is 13.2 Å². The number of rotatable bonds is 2. The highest BCUT2D eigenvalue weighted by Crippen LogP contribution is 2.74. The summed E-state index contributed by atoms with van der Waals surface area (Å²) in [5, 5.41) is 0. The molecule has 0 nitrogen and oxygen atoms in total. The molecule has 1 aliphatic carbocycles.